The average molecular weight is 404 g/mol. The highest BCUT2D eigenvalue weighted by molar-refractivity contribution is 5.70. The molecule has 0 bridgehead atoms. The van der Waals surface area contributed by atoms with Crippen LogP contribution in [0.5, 0.6) is 5.75 Å². The molecule has 6 nitrogen and oxygen atoms in total. The molecule has 2 heterocycles. The van der Waals surface area contributed by atoms with Crippen LogP contribution in [0, 0.1) is 5.41 Å². The van der Waals surface area contributed by atoms with E-state index in [4.69, 9.17) is 18.9 Å². The SMILES string of the molecule is COc1cccc([C@H](C)N2CCC3(CCC4(CC3)OCC(C)(C)CO4)OC2=O)c1. The molecule has 3 aliphatic rings. The van der Waals surface area contributed by atoms with E-state index < -0.39 is 5.79 Å². The van der Waals surface area contributed by atoms with Crippen molar-refractivity contribution in [2.75, 3.05) is 26.9 Å². The van der Waals surface area contributed by atoms with E-state index in [9.17, 15) is 4.79 Å². The quantitative estimate of drug-likeness (QED) is 0.733. The second-order valence-corrected chi connectivity index (χ2v) is 9.60. The number of methoxy groups -OCH3 is 1. The lowest BCUT2D eigenvalue weighted by molar-refractivity contribution is -0.320. The van der Waals surface area contributed by atoms with Crippen LogP contribution in [0.15, 0.2) is 24.3 Å². The Morgan fingerprint density at radius 2 is 1.76 bits per heavy atom. The Bertz CT molecular complexity index is 741. The number of hydrogen-bond acceptors (Lipinski definition) is 5. The highest BCUT2D eigenvalue weighted by Crippen LogP contribution is 2.47. The van der Waals surface area contributed by atoms with E-state index in [0.717, 1.165) is 43.4 Å². The van der Waals surface area contributed by atoms with Crippen molar-refractivity contribution in [1.82, 2.24) is 4.90 Å². The summed E-state index contributed by atoms with van der Waals surface area (Å²) in [5.74, 6) is 0.308. The van der Waals surface area contributed by atoms with Gasteiger partial charge in [-0.25, -0.2) is 4.79 Å². The molecule has 29 heavy (non-hydrogen) atoms. The first-order valence-electron chi connectivity index (χ1n) is 10.7. The Morgan fingerprint density at radius 1 is 1.07 bits per heavy atom. The lowest BCUT2D eigenvalue weighted by Crippen LogP contribution is -2.56. The van der Waals surface area contributed by atoms with Crippen LogP contribution < -0.4 is 4.74 Å². The van der Waals surface area contributed by atoms with Crippen LogP contribution in [-0.2, 0) is 14.2 Å². The topological polar surface area (TPSA) is 57.2 Å². The van der Waals surface area contributed by atoms with Crippen molar-refractivity contribution < 1.29 is 23.7 Å². The van der Waals surface area contributed by atoms with Gasteiger partial charge in [-0.15, -0.1) is 0 Å². The van der Waals surface area contributed by atoms with Crippen LogP contribution in [0.2, 0.25) is 0 Å². The van der Waals surface area contributed by atoms with Gasteiger partial charge in [0.25, 0.3) is 0 Å². The van der Waals surface area contributed by atoms with Crippen molar-refractivity contribution in [1.29, 1.82) is 0 Å². The third kappa shape index (κ3) is 4.10. The standard InChI is InChI=1S/C23H33NO5/c1-17(18-6-5-7-19(14-18)26-4)24-13-12-22(29-20(24)25)8-10-23(11-9-22)27-15-21(2,3)16-28-23/h5-7,14,17H,8-13,15-16H2,1-4H3/t17-/m0/s1. The number of carbonyl (C=O) groups is 1. The molecule has 2 aliphatic heterocycles. The fraction of sp³-hybridized carbons (Fsp3) is 0.696. The van der Waals surface area contributed by atoms with Gasteiger partial charge in [0.05, 0.1) is 26.4 Å². The zero-order valence-electron chi connectivity index (χ0n) is 18.0. The van der Waals surface area contributed by atoms with Gasteiger partial charge < -0.3 is 23.8 Å². The molecule has 1 aliphatic carbocycles. The molecule has 1 aromatic carbocycles. The van der Waals surface area contributed by atoms with Gasteiger partial charge in [0.1, 0.15) is 11.4 Å². The third-order valence-corrected chi connectivity index (χ3v) is 6.77. The van der Waals surface area contributed by atoms with Crippen LogP contribution in [0.1, 0.15) is 64.5 Å². The summed E-state index contributed by atoms with van der Waals surface area (Å²) in [6.45, 7) is 8.47. The second-order valence-electron chi connectivity index (χ2n) is 9.60. The summed E-state index contributed by atoms with van der Waals surface area (Å²) < 4.78 is 23.6. The van der Waals surface area contributed by atoms with E-state index in [0.29, 0.717) is 19.8 Å². The van der Waals surface area contributed by atoms with Crippen molar-refractivity contribution in [2.24, 2.45) is 5.41 Å². The van der Waals surface area contributed by atoms with Gasteiger partial charge in [-0.05, 0) is 37.5 Å². The van der Waals surface area contributed by atoms with E-state index in [1.807, 2.05) is 36.1 Å². The zero-order valence-corrected chi connectivity index (χ0v) is 18.0. The minimum absolute atomic E-state index is 0.0582. The van der Waals surface area contributed by atoms with Crippen molar-refractivity contribution in [3.63, 3.8) is 0 Å². The molecule has 1 aromatic rings. The van der Waals surface area contributed by atoms with Crippen LogP contribution in [0.3, 0.4) is 0 Å². The number of amides is 1. The van der Waals surface area contributed by atoms with E-state index in [2.05, 4.69) is 13.8 Å². The van der Waals surface area contributed by atoms with Gasteiger partial charge in [0.15, 0.2) is 5.79 Å². The Hall–Kier alpha value is -1.79. The molecule has 1 atom stereocenters. The van der Waals surface area contributed by atoms with Crippen LogP contribution >= 0.6 is 0 Å². The predicted molar refractivity (Wildman–Crippen MR) is 109 cm³/mol. The normalized spacial score (nSPS) is 26.2. The highest BCUT2D eigenvalue weighted by atomic mass is 16.7. The molecule has 2 saturated heterocycles. The number of nitrogens with zero attached hydrogens (tertiary/aromatic N) is 1. The largest absolute Gasteiger partial charge is 0.497 e. The molecule has 2 spiro atoms. The minimum atomic E-state index is -0.488. The van der Waals surface area contributed by atoms with Crippen LogP contribution in [0.25, 0.3) is 0 Å². The van der Waals surface area contributed by atoms with Gasteiger partial charge in [-0.1, -0.05) is 26.0 Å². The maximum atomic E-state index is 12.9. The van der Waals surface area contributed by atoms with E-state index in [1.165, 1.54) is 0 Å². The smallest absolute Gasteiger partial charge is 0.410 e. The molecular weight excluding hydrogens is 370 g/mol. The summed E-state index contributed by atoms with van der Waals surface area (Å²) in [5.41, 5.74) is 0.729. The van der Waals surface area contributed by atoms with Crippen molar-refractivity contribution in [3.05, 3.63) is 29.8 Å². The van der Waals surface area contributed by atoms with E-state index in [-0.39, 0.29) is 23.2 Å². The number of rotatable bonds is 3. The lowest BCUT2D eigenvalue weighted by atomic mass is 9.77. The van der Waals surface area contributed by atoms with E-state index >= 15 is 0 Å². The molecule has 1 amide bonds. The summed E-state index contributed by atoms with van der Waals surface area (Å²) in [6, 6.07) is 7.80. The fourth-order valence-electron chi connectivity index (χ4n) is 4.61. The summed E-state index contributed by atoms with van der Waals surface area (Å²) in [6.07, 6.45) is 3.76. The van der Waals surface area contributed by atoms with Gasteiger partial charge in [0.2, 0.25) is 0 Å². The number of benzene rings is 1. The summed E-state index contributed by atoms with van der Waals surface area (Å²) in [4.78, 5) is 14.7. The summed E-state index contributed by atoms with van der Waals surface area (Å²) in [5, 5.41) is 0. The molecule has 0 aromatic heterocycles. The molecule has 4 rings (SSSR count). The molecule has 1 saturated carbocycles. The Morgan fingerprint density at radius 3 is 2.38 bits per heavy atom. The van der Waals surface area contributed by atoms with Crippen molar-refractivity contribution in [2.45, 2.75) is 70.3 Å². The second kappa shape index (κ2) is 7.47. The van der Waals surface area contributed by atoms with E-state index in [1.54, 1.807) is 7.11 Å². The predicted octanol–water partition coefficient (Wildman–Crippen LogP) is 4.68. The summed E-state index contributed by atoms with van der Waals surface area (Å²) in [7, 11) is 1.65. The van der Waals surface area contributed by atoms with Gasteiger partial charge in [0, 0.05) is 31.2 Å². The van der Waals surface area contributed by atoms with Crippen molar-refractivity contribution >= 4 is 6.09 Å². The lowest BCUT2D eigenvalue weighted by Gasteiger charge is -2.51. The first kappa shape index (κ1) is 20.5. The molecule has 0 N–H and O–H groups in total. The minimum Gasteiger partial charge on any atom is -0.497 e. The first-order chi connectivity index (χ1) is 13.8. The Labute approximate surface area is 173 Å². The molecule has 0 unspecified atom stereocenters. The highest BCUT2D eigenvalue weighted by Gasteiger charge is 2.51. The molecular formula is C23H33NO5. The Balaban J connectivity index is 1.37. The van der Waals surface area contributed by atoms with Crippen LogP contribution in [-0.4, -0.2) is 49.2 Å². The molecule has 3 fully saturated rings. The monoisotopic (exact) mass is 403 g/mol. The maximum Gasteiger partial charge on any atom is 0.410 e. The van der Waals surface area contributed by atoms with Gasteiger partial charge >= 0.3 is 6.09 Å². The van der Waals surface area contributed by atoms with Gasteiger partial charge in [-0.2, -0.15) is 0 Å². The third-order valence-electron chi connectivity index (χ3n) is 6.77. The molecule has 0 radical (unpaired) electrons. The average Bonchev–Trinajstić information content (AvgIpc) is 2.72. The number of ether oxygens (including phenoxy) is 4. The maximum absolute atomic E-state index is 12.9. The number of carbonyl (C=O) groups excluding carboxylic acids is 1. The fourth-order valence-corrected chi connectivity index (χ4v) is 4.61. The Kier molecular flexibility index (Phi) is 5.28. The summed E-state index contributed by atoms with van der Waals surface area (Å²) >= 11 is 0. The number of hydrogen-bond donors (Lipinski definition) is 0. The van der Waals surface area contributed by atoms with Gasteiger partial charge in [-0.3, -0.25) is 0 Å². The molecule has 160 valence electrons. The first-order valence-corrected chi connectivity index (χ1v) is 10.7. The zero-order chi connectivity index (χ0) is 20.7. The molecule has 6 heteroatoms. The van der Waals surface area contributed by atoms with Crippen LogP contribution in [0.4, 0.5) is 4.79 Å². The van der Waals surface area contributed by atoms with Crippen molar-refractivity contribution in [3.8, 4) is 5.75 Å².